The van der Waals surface area contributed by atoms with Crippen LogP contribution in [0.4, 0.5) is 5.69 Å². The summed E-state index contributed by atoms with van der Waals surface area (Å²) in [6.07, 6.45) is 0. The molecule has 1 atom stereocenters. The number of non-ortho nitro benzene ring substituents is 1. The number of nitrogens with zero attached hydrogens (tertiary/aromatic N) is 5. The number of methoxy groups -OCH3 is 1. The van der Waals surface area contributed by atoms with Crippen molar-refractivity contribution in [2.45, 2.75) is 12.8 Å². The highest BCUT2D eigenvalue weighted by molar-refractivity contribution is 7.95. The van der Waals surface area contributed by atoms with Crippen molar-refractivity contribution in [3.05, 3.63) is 75.8 Å². The maximum atomic E-state index is 11.0. The Hall–Kier alpha value is -2.46. The molecule has 164 valence electrons. The van der Waals surface area contributed by atoms with Gasteiger partial charge >= 0.3 is 0 Å². The number of ether oxygens (including phenoxy) is 1. The number of hydrazone groups is 1. The van der Waals surface area contributed by atoms with E-state index in [1.165, 1.54) is 24.3 Å². The summed E-state index contributed by atoms with van der Waals surface area (Å²) in [7, 11) is 1.66. The van der Waals surface area contributed by atoms with E-state index < -0.39 is 4.92 Å². The van der Waals surface area contributed by atoms with Gasteiger partial charge in [-0.2, -0.15) is 9.50 Å². The van der Waals surface area contributed by atoms with Crippen LogP contribution in [0, 0.1) is 10.1 Å². The molecule has 0 spiro atoms. The van der Waals surface area contributed by atoms with Gasteiger partial charge in [0.2, 0.25) is 5.29 Å². The standard InChI is InChI=1S/C21H24ClN5O3S/c1-3-25(13-14-30-2)31-24-21(22)26-15-19(16-7-5-4-6-8-16)20(23-26)17-9-11-18(12-10-17)27(28)29/h4-12,19H,3,13-15H2,1-2H3/b24-21+. The van der Waals surface area contributed by atoms with Gasteiger partial charge in [-0.25, -0.2) is 9.31 Å². The minimum atomic E-state index is -0.412. The number of amidine groups is 1. The summed E-state index contributed by atoms with van der Waals surface area (Å²) in [5, 5.41) is 17.7. The van der Waals surface area contributed by atoms with Gasteiger partial charge in [-0.05, 0) is 34.9 Å². The molecule has 8 nitrogen and oxygen atoms in total. The van der Waals surface area contributed by atoms with Crippen molar-refractivity contribution in [2.75, 3.05) is 33.4 Å². The van der Waals surface area contributed by atoms with E-state index in [1.807, 2.05) is 41.6 Å². The maximum absolute atomic E-state index is 11.0. The van der Waals surface area contributed by atoms with Gasteiger partial charge in [0.05, 0.1) is 35.9 Å². The van der Waals surface area contributed by atoms with Crippen LogP contribution in [0.3, 0.4) is 0 Å². The Morgan fingerprint density at radius 1 is 1.32 bits per heavy atom. The first-order valence-corrected chi connectivity index (χ1v) is 10.9. The lowest BCUT2D eigenvalue weighted by atomic mass is 9.90. The molecule has 0 bridgehead atoms. The van der Waals surface area contributed by atoms with E-state index in [4.69, 9.17) is 21.4 Å². The van der Waals surface area contributed by atoms with Crippen molar-refractivity contribution >= 4 is 40.4 Å². The average molecular weight is 462 g/mol. The lowest BCUT2D eigenvalue weighted by molar-refractivity contribution is -0.384. The first-order valence-electron chi connectivity index (χ1n) is 9.83. The van der Waals surface area contributed by atoms with Crippen LogP contribution in [0.5, 0.6) is 0 Å². The molecule has 31 heavy (non-hydrogen) atoms. The Labute approximate surface area is 191 Å². The zero-order valence-corrected chi connectivity index (χ0v) is 18.9. The highest BCUT2D eigenvalue weighted by Gasteiger charge is 2.31. The second-order valence-corrected chi connectivity index (χ2v) is 7.99. The zero-order chi connectivity index (χ0) is 22.2. The SMILES string of the molecule is CCN(CCOC)S/N=C(\Cl)N1CC(c2ccccc2)C(c2ccc([N+](=O)[O-])cc2)=N1. The van der Waals surface area contributed by atoms with Crippen LogP contribution in [0.15, 0.2) is 64.1 Å². The first-order chi connectivity index (χ1) is 15.0. The maximum Gasteiger partial charge on any atom is 0.269 e. The van der Waals surface area contributed by atoms with Crippen molar-refractivity contribution in [3.8, 4) is 0 Å². The largest absolute Gasteiger partial charge is 0.383 e. The highest BCUT2D eigenvalue weighted by Crippen LogP contribution is 2.30. The third-order valence-electron chi connectivity index (χ3n) is 4.83. The van der Waals surface area contributed by atoms with Crippen molar-refractivity contribution in [1.82, 2.24) is 9.31 Å². The third kappa shape index (κ3) is 6.04. The Balaban J connectivity index is 1.85. The number of nitro benzene ring substituents is 1. The molecule has 0 fully saturated rings. The second-order valence-electron chi connectivity index (χ2n) is 6.79. The van der Waals surface area contributed by atoms with Crippen LogP contribution < -0.4 is 0 Å². The third-order valence-corrected chi connectivity index (χ3v) is 6.14. The summed E-state index contributed by atoms with van der Waals surface area (Å²) in [5.41, 5.74) is 2.75. The molecular weight excluding hydrogens is 438 g/mol. The molecule has 0 amide bonds. The molecule has 0 radical (unpaired) electrons. The fourth-order valence-corrected chi connectivity index (χ4v) is 3.91. The molecule has 2 aromatic carbocycles. The van der Waals surface area contributed by atoms with E-state index in [-0.39, 0.29) is 16.9 Å². The quantitative estimate of drug-likeness (QED) is 0.136. The van der Waals surface area contributed by atoms with Gasteiger partial charge in [-0.3, -0.25) is 10.1 Å². The fraction of sp³-hybridized carbons (Fsp3) is 0.333. The van der Waals surface area contributed by atoms with Crippen molar-refractivity contribution in [2.24, 2.45) is 9.50 Å². The van der Waals surface area contributed by atoms with Gasteiger partial charge in [0.1, 0.15) is 0 Å². The summed E-state index contributed by atoms with van der Waals surface area (Å²) in [6.45, 7) is 4.71. The summed E-state index contributed by atoms with van der Waals surface area (Å²) in [6, 6.07) is 16.4. The molecule has 0 saturated heterocycles. The van der Waals surface area contributed by atoms with Gasteiger partial charge in [-0.15, -0.1) is 0 Å². The molecule has 2 aromatic rings. The number of nitro groups is 1. The second kappa shape index (κ2) is 11.2. The number of hydrogen-bond donors (Lipinski definition) is 0. The minimum Gasteiger partial charge on any atom is -0.383 e. The Morgan fingerprint density at radius 3 is 2.65 bits per heavy atom. The normalized spacial score (nSPS) is 16.6. The summed E-state index contributed by atoms with van der Waals surface area (Å²) in [5.74, 6) is -0.0348. The molecule has 0 saturated carbocycles. The summed E-state index contributed by atoms with van der Waals surface area (Å²) in [4.78, 5) is 10.6. The van der Waals surface area contributed by atoms with Crippen molar-refractivity contribution < 1.29 is 9.66 Å². The van der Waals surface area contributed by atoms with Crippen LogP contribution in [-0.2, 0) is 4.74 Å². The molecular formula is C21H24ClN5O3S. The van der Waals surface area contributed by atoms with Crippen LogP contribution in [0.2, 0.25) is 0 Å². The van der Waals surface area contributed by atoms with Crippen molar-refractivity contribution in [1.29, 1.82) is 0 Å². The van der Waals surface area contributed by atoms with E-state index in [9.17, 15) is 10.1 Å². The molecule has 0 aromatic heterocycles. The number of rotatable bonds is 9. The topological polar surface area (TPSA) is 83.6 Å². The van der Waals surface area contributed by atoms with E-state index >= 15 is 0 Å². The molecule has 0 aliphatic carbocycles. The molecule has 1 unspecified atom stereocenters. The van der Waals surface area contributed by atoms with Gasteiger partial charge in [0.15, 0.2) is 0 Å². The van der Waals surface area contributed by atoms with Gasteiger partial charge in [-0.1, -0.05) is 37.3 Å². The average Bonchev–Trinajstić information content (AvgIpc) is 3.25. The number of hydrogen-bond acceptors (Lipinski definition) is 7. The van der Waals surface area contributed by atoms with E-state index in [0.717, 1.165) is 29.9 Å². The Bertz CT molecular complexity index is 940. The summed E-state index contributed by atoms with van der Waals surface area (Å²) < 4.78 is 11.6. The smallest absolute Gasteiger partial charge is 0.269 e. The predicted octanol–water partition coefficient (Wildman–Crippen LogP) is 4.52. The molecule has 10 heteroatoms. The zero-order valence-electron chi connectivity index (χ0n) is 17.3. The van der Waals surface area contributed by atoms with Crippen LogP contribution in [0.1, 0.15) is 24.0 Å². The van der Waals surface area contributed by atoms with Gasteiger partial charge in [0.25, 0.3) is 5.69 Å². The van der Waals surface area contributed by atoms with E-state index in [0.29, 0.717) is 13.2 Å². The van der Waals surface area contributed by atoms with Crippen molar-refractivity contribution in [3.63, 3.8) is 0 Å². The predicted molar refractivity (Wildman–Crippen MR) is 126 cm³/mol. The van der Waals surface area contributed by atoms with Crippen LogP contribution in [-0.4, -0.2) is 58.6 Å². The van der Waals surface area contributed by atoms with Crippen LogP contribution in [0.25, 0.3) is 0 Å². The molecule has 1 aliphatic heterocycles. The Morgan fingerprint density at radius 2 is 2.03 bits per heavy atom. The van der Waals surface area contributed by atoms with E-state index in [1.54, 1.807) is 24.3 Å². The lowest BCUT2D eigenvalue weighted by Crippen LogP contribution is -2.23. The van der Waals surface area contributed by atoms with Crippen LogP contribution >= 0.6 is 23.7 Å². The molecule has 0 N–H and O–H groups in total. The number of likely N-dealkylation sites (N-methyl/N-ethyl adjacent to an activating group) is 1. The monoisotopic (exact) mass is 461 g/mol. The lowest BCUT2D eigenvalue weighted by Gasteiger charge is -2.17. The number of benzene rings is 2. The first kappa shape index (κ1) is 23.2. The minimum absolute atomic E-state index is 0.0348. The Kier molecular flexibility index (Phi) is 8.42. The van der Waals surface area contributed by atoms with Gasteiger partial charge < -0.3 is 4.74 Å². The number of halogens is 1. The molecule has 1 heterocycles. The van der Waals surface area contributed by atoms with Gasteiger partial charge in [0, 0.05) is 38.2 Å². The molecule has 3 rings (SSSR count). The summed E-state index contributed by atoms with van der Waals surface area (Å²) >= 11 is 7.77. The van der Waals surface area contributed by atoms with E-state index in [2.05, 4.69) is 4.40 Å². The highest BCUT2D eigenvalue weighted by atomic mass is 35.5. The fourth-order valence-electron chi connectivity index (χ4n) is 3.17. The molecule has 1 aliphatic rings.